The van der Waals surface area contributed by atoms with Crippen LogP contribution in [0.1, 0.15) is 20.7 Å². The van der Waals surface area contributed by atoms with Gasteiger partial charge in [0.05, 0.1) is 22.6 Å². The third-order valence-corrected chi connectivity index (χ3v) is 6.98. The normalized spacial score (nSPS) is 14.7. The van der Waals surface area contributed by atoms with Crippen LogP contribution in [0.5, 0.6) is 0 Å². The quantitative estimate of drug-likeness (QED) is 0.627. The number of rotatable bonds is 5. The highest BCUT2D eigenvalue weighted by Gasteiger charge is 2.28. The number of hydrogen-bond acceptors (Lipinski definition) is 5. The van der Waals surface area contributed by atoms with E-state index >= 15 is 0 Å². The summed E-state index contributed by atoms with van der Waals surface area (Å²) in [5.74, 6) is -1.21. The Morgan fingerprint density at radius 3 is 2.23 bits per heavy atom. The molecule has 11 heteroatoms. The minimum absolute atomic E-state index is 0.0301. The third kappa shape index (κ3) is 4.87. The van der Waals surface area contributed by atoms with Crippen LogP contribution >= 0.6 is 11.6 Å². The predicted octanol–water partition coefficient (Wildman–Crippen LogP) is 2.26. The van der Waals surface area contributed by atoms with Gasteiger partial charge in [-0.25, -0.2) is 12.8 Å². The second-order valence-corrected chi connectivity index (χ2v) is 9.18. The zero-order valence-corrected chi connectivity index (χ0v) is 18.5. The van der Waals surface area contributed by atoms with Crippen molar-refractivity contribution in [2.24, 2.45) is 0 Å². The lowest BCUT2D eigenvalue weighted by molar-refractivity contribution is -0.0258. The fourth-order valence-corrected chi connectivity index (χ4v) is 4.43. The second kappa shape index (κ2) is 9.31. The smallest absolute Gasteiger partial charge is 0.264 e. The van der Waals surface area contributed by atoms with Gasteiger partial charge >= 0.3 is 0 Å². The first-order valence-electron chi connectivity index (χ1n) is 9.32. The minimum atomic E-state index is -3.89. The summed E-state index contributed by atoms with van der Waals surface area (Å²) in [6.07, 6.45) is 0. The molecule has 0 N–H and O–H groups in total. The molecule has 1 fully saturated rings. The van der Waals surface area contributed by atoms with Crippen LogP contribution < -0.4 is 0 Å². The highest BCUT2D eigenvalue weighted by Crippen LogP contribution is 2.21. The van der Waals surface area contributed by atoms with Gasteiger partial charge in [0, 0.05) is 38.8 Å². The summed E-state index contributed by atoms with van der Waals surface area (Å²) in [6.45, 7) is 1.06. The van der Waals surface area contributed by atoms with Gasteiger partial charge in [0.15, 0.2) is 0 Å². The summed E-state index contributed by atoms with van der Waals surface area (Å²) in [5, 5.41) is 0.0301. The lowest BCUT2D eigenvalue weighted by Gasteiger charge is -2.35. The summed E-state index contributed by atoms with van der Waals surface area (Å²) in [7, 11) is -1.40. The zero-order chi connectivity index (χ0) is 22.8. The average molecular weight is 470 g/mol. The molecule has 2 amide bonds. The van der Waals surface area contributed by atoms with Crippen LogP contribution in [0.3, 0.4) is 0 Å². The van der Waals surface area contributed by atoms with E-state index in [1.165, 1.54) is 55.5 Å². The summed E-state index contributed by atoms with van der Waals surface area (Å²) in [5.41, 5.74) is 0.412. The molecule has 2 aromatic rings. The number of nitrogens with zero attached hydrogens (tertiary/aromatic N) is 3. The number of hydroxylamine groups is 1. The van der Waals surface area contributed by atoms with Crippen LogP contribution in [0.25, 0.3) is 0 Å². The van der Waals surface area contributed by atoms with Gasteiger partial charge in [0.2, 0.25) is 0 Å². The molecule has 0 aliphatic carbocycles. The Bertz CT molecular complexity index is 1100. The number of piperazine rings is 1. The third-order valence-electron chi connectivity index (χ3n) is 4.99. The number of amides is 2. The molecule has 166 valence electrons. The molecule has 1 aliphatic rings. The lowest BCUT2D eigenvalue weighted by atomic mass is 10.1. The highest BCUT2D eigenvalue weighted by molar-refractivity contribution is 7.89. The van der Waals surface area contributed by atoms with Crippen molar-refractivity contribution in [3.8, 4) is 0 Å². The first kappa shape index (κ1) is 23.1. The van der Waals surface area contributed by atoms with Crippen molar-refractivity contribution in [3.63, 3.8) is 0 Å². The van der Waals surface area contributed by atoms with Gasteiger partial charge in [-0.15, -0.1) is 0 Å². The molecule has 1 heterocycles. The standard InChI is InChI=1S/C20H21ClFN3O5S/c1-23(30-2)31(28,29)16-5-3-4-14(12-16)19(26)24-8-10-25(11-9-24)20(27)17-7-6-15(22)13-18(17)21/h3-7,12-13H,8-11H2,1-2H3. The molecule has 0 bridgehead atoms. The highest BCUT2D eigenvalue weighted by atomic mass is 35.5. The topological polar surface area (TPSA) is 87.2 Å². The van der Waals surface area contributed by atoms with E-state index in [9.17, 15) is 22.4 Å². The van der Waals surface area contributed by atoms with E-state index < -0.39 is 15.8 Å². The molecule has 2 aromatic carbocycles. The average Bonchev–Trinajstić information content (AvgIpc) is 2.77. The Balaban J connectivity index is 1.69. The van der Waals surface area contributed by atoms with E-state index in [1.807, 2.05) is 0 Å². The summed E-state index contributed by atoms with van der Waals surface area (Å²) >= 11 is 5.97. The van der Waals surface area contributed by atoms with Crippen LogP contribution in [0.4, 0.5) is 4.39 Å². The van der Waals surface area contributed by atoms with Gasteiger partial charge < -0.3 is 9.80 Å². The molecule has 0 saturated carbocycles. The maximum atomic E-state index is 13.2. The van der Waals surface area contributed by atoms with E-state index in [0.29, 0.717) is 4.47 Å². The van der Waals surface area contributed by atoms with E-state index in [1.54, 1.807) is 4.90 Å². The summed E-state index contributed by atoms with van der Waals surface area (Å²) in [6, 6.07) is 9.27. The predicted molar refractivity (Wildman–Crippen MR) is 112 cm³/mol. The van der Waals surface area contributed by atoms with Gasteiger partial charge in [0.1, 0.15) is 5.82 Å². The van der Waals surface area contributed by atoms with Gasteiger partial charge in [-0.05, 0) is 36.4 Å². The Labute approximate surface area is 184 Å². The number of carbonyl (C=O) groups excluding carboxylic acids is 2. The molecule has 0 aromatic heterocycles. The van der Waals surface area contributed by atoms with Gasteiger partial charge in [-0.1, -0.05) is 22.1 Å². The van der Waals surface area contributed by atoms with Crippen LogP contribution in [-0.4, -0.2) is 74.8 Å². The molecule has 0 spiro atoms. The van der Waals surface area contributed by atoms with Crippen molar-refractivity contribution < 1.29 is 27.2 Å². The van der Waals surface area contributed by atoms with Crippen molar-refractivity contribution >= 4 is 33.4 Å². The number of benzene rings is 2. The molecular weight excluding hydrogens is 449 g/mol. The maximum absolute atomic E-state index is 13.2. The van der Waals surface area contributed by atoms with Gasteiger partial charge in [-0.3, -0.25) is 14.4 Å². The maximum Gasteiger partial charge on any atom is 0.264 e. The van der Waals surface area contributed by atoms with Crippen LogP contribution in [-0.2, 0) is 14.9 Å². The van der Waals surface area contributed by atoms with E-state index in [2.05, 4.69) is 0 Å². The number of sulfonamides is 1. The Kier molecular flexibility index (Phi) is 6.95. The van der Waals surface area contributed by atoms with Crippen molar-refractivity contribution in [1.82, 2.24) is 14.3 Å². The molecule has 0 unspecified atom stereocenters. The number of halogens is 2. The SMILES string of the molecule is CON(C)S(=O)(=O)c1cccc(C(=O)N2CCN(C(=O)c3ccc(F)cc3Cl)CC2)c1. The van der Waals surface area contributed by atoms with Crippen LogP contribution in [0.2, 0.25) is 5.02 Å². The number of carbonyl (C=O) groups is 2. The molecule has 3 rings (SSSR count). The summed E-state index contributed by atoms with van der Waals surface area (Å²) in [4.78, 5) is 33.3. The van der Waals surface area contributed by atoms with Gasteiger partial charge in [-0.2, -0.15) is 0 Å². The minimum Gasteiger partial charge on any atom is -0.335 e. The molecule has 8 nitrogen and oxygen atoms in total. The fourth-order valence-electron chi connectivity index (χ4n) is 3.16. The second-order valence-electron chi connectivity index (χ2n) is 6.83. The summed E-state index contributed by atoms with van der Waals surface area (Å²) < 4.78 is 38.8. The van der Waals surface area contributed by atoms with Crippen LogP contribution in [0.15, 0.2) is 47.4 Å². The molecule has 31 heavy (non-hydrogen) atoms. The molecule has 0 atom stereocenters. The van der Waals surface area contributed by atoms with Crippen molar-refractivity contribution in [3.05, 3.63) is 64.4 Å². The molecule has 1 aliphatic heterocycles. The van der Waals surface area contributed by atoms with E-state index in [4.69, 9.17) is 16.4 Å². The zero-order valence-electron chi connectivity index (χ0n) is 16.9. The Hall–Kier alpha value is -2.53. The first-order valence-corrected chi connectivity index (χ1v) is 11.1. The molecular formula is C20H21ClFN3O5S. The molecule has 1 saturated heterocycles. The fraction of sp³-hybridized carbons (Fsp3) is 0.300. The molecule has 0 radical (unpaired) electrons. The van der Waals surface area contributed by atoms with Crippen molar-refractivity contribution in [2.75, 3.05) is 40.3 Å². The van der Waals surface area contributed by atoms with Gasteiger partial charge in [0.25, 0.3) is 21.8 Å². The number of hydrogen-bond donors (Lipinski definition) is 0. The Morgan fingerprint density at radius 1 is 1.03 bits per heavy atom. The van der Waals surface area contributed by atoms with Crippen molar-refractivity contribution in [2.45, 2.75) is 4.90 Å². The lowest BCUT2D eigenvalue weighted by Crippen LogP contribution is -2.50. The van der Waals surface area contributed by atoms with Crippen LogP contribution in [0, 0.1) is 5.82 Å². The largest absolute Gasteiger partial charge is 0.335 e. The first-order chi connectivity index (χ1) is 14.6. The van der Waals surface area contributed by atoms with Crippen molar-refractivity contribution in [1.29, 1.82) is 0 Å². The monoisotopic (exact) mass is 469 g/mol. The van der Waals surface area contributed by atoms with E-state index in [-0.39, 0.29) is 59.0 Å². The van der Waals surface area contributed by atoms with E-state index in [0.717, 1.165) is 6.07 Å². The Morgan fingerprint density at radius 2 is 1.65 bits per heavy atom.